The zero-order chi connectivity index (χ0) is 12.2. The number of nitrogens with zero attached hydrogens (tertiary/aromatic N) is 2. The van der Waals surface area contributed by atoms with Gasteiger partial charge >= 0.3 is 0 Å². The maximum Gasteiger partial charge on any atom is 0.232 e. The maximum absolute atomic E-state index is 5.51. The molecule has 0 spiro atoms. The van der Waals surface area contributed by atoms with Gasteiger partial charge in [-0.3, -0.25) is 0 Å². The summed E-state index contributed by atoms with van der Waals surface area (Å²) in [5.41, 5.74) is 1.07. The number of ether oxygens (including phenoxy) is 1. The van der Waals surface area contributed by atoms with Crippen molar-refractivity contribution in [3.63, 3.8) is 0 Å². The first-order chi connectivity index (χ1) is 8.92. The summed E-state index contributed by atoms with van der Waals surface area (Å²) >= 11 is 1.69. The van der Waals surface area contributed by atoms with Crippen LogP contribution in [0.25, 0.3) is 0 Å². The number of benzene rings is 1. The van der Waals surface area contributed by atoms with E-state index < -0.39 is 0 Å². The van der Waals surface area contributed by atoms with Crippen LogP contribution in [-0.4, -0.2) is 12.9 Å². The Morgan fingerprint density at radius 3 is 2.83 bits per heavy atom. The fourth-order valence-corrected chi connectivity index (χ4v) is 2.35. The molecule has 3 nitrogen and oxygen atoms in total. The van der Waals surface area contributed by atoms with Gasteiger partial charge in [-0.25, -0.2) is 4.99 Å². The number of hydrogen-bond donors (Lipinski definition) is 0. The molecule has 90 valence electrons. The Balaban J connectivity index is 1.71. The molecular formula is C14H12N2OS. The van der Waals surface area contributed by atoms with E-state index in [2.05, 4.69) is 16.4 Å². The first-order valence-electron chi connectivity index (χ1n) is 5.66. The second kappa shape index (κ2) is 5.06. The van der Waals surface area contributed by atoms with Crippen molar-refractivity contribution in [2.45, 2.75) is 0 Å². The van der Waals surface area contributed by atoms with Gasteiger partial charge in [-0.15, -0.1) is 11.3 Å². The number of aliphatic imine (C=N–C) groups is 1. The van der Waals surface area contributed by atoms with Crippen LogP contribution in [0.2, 0.25) is 0 Å². The van der Waals surface area contributed by atoms with E-state index in [0.717, 1.165) is 5.56 Å². The quantitative estimate of drug-likeness (QED) is 0.786. The van der Waals surface area contributed by atoms with Crippen LogP contribution < -0.4 is 4.90 Å². The van der Waals surface area contributed by atoms with E-state index in [1.54, 1.807) is 11.3 Å². The van der Waals surface area contributed by atoms with E-state index in [0.29, 0.717) is 12.6 Å². The summed E-state index contributed by atoms with van der Waals surface area (Å²) in [7, 11) is 0. The van der Waals surface area contributed by atoms with Crippen LogP contribution in [0.5, 0.6) is 0 Å². The number of rotatable bonds is 3. The normalized spacial score (nSPS) is 14.9. The van der Waals surface area contributed by atoms with Gasteiger partial charge in [0.05, 0.1) is 11.2 Å². The predicted molar refractivity (Wildman–Crippen MR) is 74.9 cm³/mol. The summed E-state index contributed by atoms with van der Waals surface area (Å²) in [4.78, 5) is 6.37. The third kappa shape index (κ3) is 2.43. The molecule has 2 aromatic rings. The fraction of sp³-hybridized carbons (Fsp3) is 0.0714. The van der Waals surface area contributed by atoms with E-state index in [4.69, 9.17) is 4.74 Å². The van der Waals surface area contributed by atoms with E-state index in [1.165, 1.54) is 5.00 Å². The van der Waals surface area contributed by atoms with Crippen molar-refractivity contribution in [1.29, 1.82) is 0 Å². The van der Waals surface area contributed by atoms with E-state index in [9.17, 15) is 0 Å². The number of anilines is 1. The van der Waals surface area contributed by atoms with Gasteiger partial charge in [0.15, 0.2) is 6.73 Å². The molecule has 1 aliphatic rings. The lowest BCUT2D eigenvalue weighted by Crippen LogP contribution is -2.10. The van der Waals surface area contributed by atoms with Crippen LogP contribution in [0, 0.1) is 0 Å². The molecule has 0 atom stereocenters. The lowest BCUT2D eigenvalue weighted by molar-refractivity contribution is 0.244. The van der Waals surface area contributed by atoms with E-state index >= 15 is 0 Å². The summed E-state index contributed by atoms with van der Waals surface area (Å²) in [5, 5.41) is 3.22. The molecule has 2 heterocycles. The Morgan fingerprint density at radius 1 is 1.17 bits per heavy atom. The zero-order valence-electron chi connectivity index (χ0n) is 9.69. The van der Waals surface area contributed by atoms with Gasteiger partial charge < -0.3 is 9.64 Å². The van der Waals surface area contributed by atoms with Crippen LogP contribution in [0.4, 0.5) is 5.00 Å². The molecule has 0 aliphatic carbocycles. The Bertz CT molecular complexity index is 561. The Morgan fingerprint density at radius 2 is 2.06 bits per heavy atom. The van der Waals surface area contributed by atoms with Crippen molar-refractivity contribution in [2.24, 2.45) is 4.99 Å². The molecule has 3 rings (SSSR count). The lowest BCUT2D eigenvalue weighted by atomic mass is 10.2. The summed E-state index contributed by atoms with van der Waals surface area (Å²) in [6.07, 6.45) is 3.73. The molecule has 4 heteroatoms. The Hall–Kier alpha value is -2.07. The predicted octanol–water partition coefficient (Wildman–Crippen LogP) is 3.46. The summed E-state index contributed by atoms with van der Waals surface area (Å²) in [5.74, 6) is 0.646. The second-order valence-electron chi connectivity index (χ2n) is 3.83. The maximum atomic E-state index is 5.51. The number of hydrogen-bond acceptors (Lipinski definition) is 4. The molecule has 0 bridgehead atoms. The average Bonchev–Trinajstić information content (AvgIpc) is 3.08. The zero-order valence-corrected chi connectivity index (χ0v) is 10.5. The van der Waals surface area contributed by atoms with E-state index in [-0.39, 0.29) is 0 Å². The highest BCUT2D eigenvalue weighted by Gasteiger charge is 2.14. The minimum atomic E-state index is 0.530. The molecule has 1 aromatic carbocycles. The van der Waals surface area contributed by atoms with Gasteiger partial charge in [0.25, 0.3) is 0 Å². The molecule has 0 saturated carbocycles. The molecular weight excluding hydrogens is 244 g/mol. The standard InChI is InChI=1S/C14H12N2OS/c1-2-5-12(6-3-1)9-15-13-10-16(11-17-13)14-7-4-8-18-14/h1-10H,11H2. The molecule has 0 radical (unpaired) electrons. The van der Waals surface area contributed by atoms with Crippen molar-refractivity contribution in [3.8, 4) is 0 Å². The third-order valence-electron chi connectivity index (χ3n) is 2.55. The molecule has 1 aliphatic heterocycles. The summed E-state index contributed by atoms with van der Waals surface area (Å²) in [6.45, 7) is 0.530. The second-order valence-corrected chi connectivity index (χ2v) is 4.76. The van der Waals surface area contributed by atoms with Crippen LogP contribution in [0.3, 0.4) is 0 Å². The first-order valence-corrected chi connectivity index (χ1v) is 6.54. The average molecular weight is 256 g/mol. The Kier molecular flexibility index (Phi) is 3.10. The highest BCUT2D eigenvalue weighted by molar-refractivity contribution is 7.14. The summed E-state index contributed by atoms with van der Waals surface area (Å²) in [6, 6.07) is 14.1. The van der Waals surface area contributed by atoms with Crippen molar-refractivity contribution in [2.75, 3.05) is 11.6 Å². The van der Waals surface area contributed by atoms with E-state index in [1.807, 2.05) is 53.7 Å². The molecule has 0 saturated heterocycles. The molecule has 0 unspecified atom stereocenters. The molecule has 0 amide bonds. The molecule has 0 N–H and O–H groups in total. The molecule has 1 aromatic heterocycles. The van der Waals surface area contributed by atoms with Crippen molar-refractivity contribution in [1.82, 2.24) is 0 Å². The van der Waals surface area contributed by atoms with Gasteiger partial charge in [0.1, 0.15) is 0 Å². The van der Waals surface area contributed by atoms with Crippen molar-refractivity contribution < 1.29 is 4.74 Å². The van der Waals surface area contributed by atoms with Crippen molar-refractivity contribution >= 4 is 22.6 Å². The minimum absolute atomic E-state index is 0.530. The molecule has 0 fully saturated rings. The smallest absolute Gasteiger partial charge is 0.232 e. The summed E-state index contributed by atoms with van der Waals surface area (Å²) < 4.78 is 5.51. The first kappa shape index (κ1) is 11.0. The highest BCUT2D eigenvalue weighted by atomic mass is 32.1. The topological polar surface area (TPSA) is 24.8 Å². The third-order valence-corrected chi connectivity index (χ3v) is 3.45. The lowest BCUT2D eigenvalue weighted by Gasteiger charge is -2.08. The van der Waals surface area contributed by atoms with Crippen LogP contribution in [0.15, 0.2) is 64.9 Å². The van der Waals surface area contributed by atoms with Crippen LogP contribution in [-0.2, 0) is 4.74 Å². The largest absolute Gasteiger partial charge is 0.455 e. The molecule has 18 heavy (non-hydrogen) atoms. The van der Waals surface area contributed by atoms with Crippen LogP contribution in [0.1, 0.15) is 5.56 Å². The minimum Gasteiger partial charge on any atom is -0.455 e. The number of thiophene rings is 1. The van der Waals surface area contributed by atoms with Gasteiger partial charge in [-0.1, -0.05) is 30.3 Å². The Labute approximate surface area is 110 Å². The van der Waals surface area contributed by atoms with Gasteiger partial charge in [0.2, 0.25) is 5.88 Å². The fourth-order valence-electron chi connectivity index (χ4n) is 1.65. The highest BCUT2D eigenvalue weighted by Crippen LogP contribution is 2.25. The van der Waals surface area contributed by atoms with Gasteiger partial charge in [-0.05, 0) is 23.1 Å². The van der Waals surface area contributed by atoms with Crippen LogP contribution >= 0.6 is 11.3 Å². The SMILES string of the molecule is C(=NC1=CN(c2cccs2)CO1)c1ccccc1. The van der Waals surface area contributed by atoms with Gasteiger partial charge in [0, 0.05) is 6.21 Å². The van der Waals surface area contributed by atoms with Gasteiger partial charge in [-0.2, -0.15) is 0 Å². The van der Waals surface area contributed by atoms with Crippen molar-refractivity contribution in [3.05, 3.63) is 65.5 Å². The monoisotopic (exact) mass is 256 g/mol.